The fourth-order valence-electron chi connectivity index (χ4n) is 4.66. The number of ether oxygens (including phenoxy) is 3. The van der Waals surface area contributed by atoms with Crippen LogP contribution in [-0.2, 0) is 30.5 Å². The van der Waals surface area contributed by atoms with Gasteiger partial charge in [-0.25, -0.2) is 15.0 Å². The Kier molecular flexibility index (Phi) is 11.5. The van der Waals surface area contributed by atoms with Gasteiger partial charge in [0.05, 0.1) is 42.6 Å². The van der Waals surface area contributed by atoms with Crippen molar-refractivity contribution in [3.8, 4) is 0 Å². The van der Waals surface area contributed by atoms with Gasteiger partial charge in [0.25, 0.3) is 0 Å². The molecule has 2 saturated heterocycles. The lowest BCUT2D eigenvalue weighted by atomic mass is 10.2. The molecule has 5 heterocycles. The van der Waals surface area contributed by atoms with E-state index in [1.54, 1.807) is 17.9 Å². The lowest BCUT2D eigenvalue weighted by Crippen LogP contribution is -2.25. The molecule has 0 saturated carbocycles. The fourth-order valence-corrected chi connectivity index (χ4v) is 5.29. The van der Waals surface area contributed by atoms with Crippen LogP contribution in [0.4, 0.5) is 11.6 Å². The van der Waals surface area contributed by atoms with E-state index in [0.29, 0.717) is 30.2 Å². The van der Waals surface area contributed by atoms with E-state index in [-0.39, 0.29) is 48.4 Å². The topological polar surface area (TPSA) is 219 Å². The van der Waals surface area contributed by atoms with Crippen molar-refractivity contribution in [3.05, 3.63) is 30.6 Å². The van der Waals surface area contributed by atoms with E-state index in [1.165, 1.54) is 6.33 Å². The van der Waals surface area contributed by atoms with Crippen molar-refractivity contribution in [2.24, 2.45) is 10.7 Å². The first-order valence-corrected chi connectivity index (χ1v) is 16.5. The van der Waals surface area contributed by atoms with Crippen LogP contribution in [0.1, 0.15) is 55.6 Å². The number of nitrogen functional groups attached to an aromatic ring is 1. The van der Waals surface area contributed by atoms with Gasteiger partial charge in [0.1, 0.15) is 41.8 Å². The van der Waals surface area contributed by atoms with E-state index in [1.807, 2.05) is 23.8 Å². The van der Waals surface area contributed by atoms with E-state index >= 15 is 0 Å². The third kappa shape index (κ3) is 8.93. The number of thiol groups is 1. The van der Waals surface area contributed by atoms with Crippen LogP contribution in [0.2, 0.25) is 0 Å². The maximum absolute atomic E-state index is 11.1. The first-order valence-electron chi connectivity index (χ1n) is 13.4. The Hall–Kier alpha value is -2.67. The summed E-state index contributed by atoms with van der Waals surface area (Å²) >= 11 is 8.59. The van der Waals surface area contributed by atoms with Crippen molar-refractivity contribution in [2.75, 3.05) is 31.3 Å². The van der Waals surface area contributed by atoms with Crippen LogP contribution in [0.3, 0.4) is 0 Å². The number of nitrogens with two attached hydrogens (primary N) is 2. The summed E-state index contributed by atoms with van der Waals surface area (Å²) < 4.78 is 25.7. The molecule has 0 radical (unpaired) electrons. The molecule has 0 bridgehead atoms. The first-order chi connectivity index (χ1) is 20.5. The van der Waals surface area contributed by atoms with Crippen LogP contribution >= 0.6 is 19.3 Å². The Balaban J connectivity index is 0.000000197. The Bertz CT molecular complexity index is 1460. The Morgan fingerprint density at radius 3 is 2.53 bits per heavy atom. The summed E-state index contributed by atoms with van der Waals surface area (Å²) in [6.07, 6.45) is 7.99. The van der Waals surface area contributed by atoms with Crippen LogP contribution in [-0.4, -0.2) is 84.0 Å². The second-order valence-electron chi connectivity index (χ2n) is 9.76. The molecule has 0 aromatic carbocycles. The zero-order chi connectivity index (χ0) is 31.1. The molecule has 5 atom stereocenters. The van der Waals surface area contributed by atoms with Crippen LogP contribution < -0.4 is 16.8 Å². The van der Waals surface area contributed by atoms with Crippen LogP contribution in [0.5, 0.6) is 0 Å². The van der Waals surface area contributed by atoms with Crippen molar-refractivity contribution in [1.29, 1.82) is 0 Å². The van der Waals surface area contributed by atoms with Gasteiger partial charge in [-0.15, -0.1) is 12.6 Å². The Morgan fingerprint density at radius 2 is 1.91 bits per heavy atom. The summed E-state index contributed by atoms with van der Waals surface area (Å²) in [4.78, 5) is 45.3. The third-order valence-corrected chi connectivity index (χ3v) is 7.65. The summed E-state index contributed by atoms with van der Waals surface area (Å²) in [6, 6.07) is 1.85. The maximum Gasteiger partial charge on any atom is 0.321 e. The van der Waals surface area contributed by atoms with E-state index in [4.69, 9.17) is 40.0 Å². The van der Waals surface area contributed by atoms with Crippen molar-refractivity contribution in [2.45, 2.75) is 62.7 Å². The number of hydrogen-bond acceptors (Lipinski definition) is 12. The molecule has 19 heteroatoms. The maximum atomic E-state index is 11.1. The molecular weight excluding hydrogens is 621 g/mol. The normalized spacial score (nSPS) is 23.2. The third-order valence-electron chi connectivity index (χ3n) is 6.70. The number of nitrogens with zero attached hydrogens (tertiary/aromatic N) is 6. The highest BCUT2D eigenvalue weighted by Crippen LogP contribution is 2.39. The Morgan fingerprint density at radius 1 is 1.23 bits per heavy atom. The molecule has 0 amide bonds. The molecule has 2 aliphatic heterocycles. The molecule has 0 aliphatic carbocycles. The van der Waals surface area contributed by atoms with Gasteiger partial charge in [0.15, 0.2) is 12.2 Å². The molecule has 7 N–H and O–H groups in total. The van der Waals surface area contributed by atoms with Crippen LogP contribution in [0.25, 0.3) is 11.0 Å². The quantitative estimate of drug-likeness (QED) is 0.0458. The number of hydrogen-bond donors (Lipinski definition) is 6. The summed E-state index contributed by atoms with van der Waals surface area (Å²) in [5.74, 6) is 1.11. The monoisotopic (exact) mass is 657 g/mol. The largest absolute Gasteiger partial charge is 0.383 e. The van der Waals surface area contributed by atoms with Gasteiger partial charge in [-0.2, -0.15) is 0 Å². The van der Waals surface area contributed by atoms with Crippen molar-refractivity contribution >= 4 is 66.1 Å². The molecular formula is C24H36N9O7PS2. The predicted molar refractivity (Wildman–Crippen MR) is 166 cm³/mol. The minimum atomic E-state index is -3.63. The smallest absolute Gasteiger partial charge is 0.321 e. The van der Waals surface area contributed by atoms with Gasteiger partial charge >= 0.3 is 6.72 Å². The number of imidazole rings is 1. The van der Waals surface area contributed by atoms with Crippen molar-refractivity contribution < 1.29 is 33.3 Å². The number of fused-ring (bicyclic) bond motifs is 1. The molecule has 236 valence electrons. The van der Waals surface area contributed by atoms with Gasteiger partial charge < -0.3 is 49.9 Å². The second-order valence-corrected chi connectivity index (χ2v) is 13.1. The molecule has 43 heavy (non-hydrogen) atoms. The number of carbonyl (C=O) groups excluding carboxylic acids is 1. The molecule has 5 rings (SSSR count). The Labute approximate surface area is 258 Å². The number of guanidine groups is 1. The van der Waals surface area contributed by atoms with Crippen molar-refractivity contribution in [3.63, 3.8) is 0 Å². The standard InChI is InChI=1S/C13H21N5O3S.C11H15N4O4PS/c1-8(22)20-6-9-3-4-11(21-9)18-7-16-10(5-19)12(18)17-13(14)15-2;12-10-8-3-4-15(11(8)14-6-13-10)9-2-1-7(19-9)5-18-20(16,17)21/h5,7-9,11,22H,3-4,6H2,1-2H3,(H3,14,15,17);3-4,6-7,9H,1-2,5H2,(H2,12,13,14)(H2,16,17,21). The van der Waals surface area contributed by atoms with E-state index < -0.39 is 6.72 Å². The number of carbonyl (C=O) groups is 1. The van der Waals surface area contributed by atoms with Gasteiger partial charge in [0.2, 0.25) is 0 Å². The number of nitrogens with one attached hydrogen (secondary N) is 1. The molecule has 3 aromatic rings. The molecule has 2 aliphatic rings. The molecule has 5 unspecified atom stereocenters. The second kappa shape index (κ2) is 14.9. The van der Waals surface area contributed by atoms with Crippen molar-refractivity contribution in [1.82, 2.24) is 24.1 Å². The highest BCUT2D eigenvalue weighted by atomic mass is 32.5. The predicted octanol–water partition coefficient (Wildman–Crippen LogP) is 1.94. The minimum Gasteiger partial charge on any atom is -0.383 e. The SMILES string of the molecule is CN=C(N)Nc1c(C=O)ncn1C1CCC(COC(C)S)O1.Nc1ncnc2c1ccn2C1CCC(COP(O)(O)=S)O1. The number of aliphatic imine (C=N–C) groups is 1. The highest BCUT2D eigenvalue weighted by molar-refractivity contribution is 8.06. The summed E-state index contributed by atoms with van der Waals surface area (Å²) in [5, 5.41) is 3.65. The number of aromatic nitrogens is 5. The van der Waals surface area contributed by atoms with E-state index in [0.717, 1.165) is 31.1 Å². The minimum absolute atomic E-state index is 0.00767. The van der Waals surface area contributed by atoms with Gasteiger partial charge in [-0.1, -0.05) is 0 Å². The lowest BCUT2D eigenvalue weighted by Gasteiger charge is -2.18. The number of aldehydes is 1. The zero-order valence-electron chi connectivity index (χ0n) is 23.6. The first kappa shape index (κ1) is 33.2. The molecule has 2 fully saturated rings. The summed E-state index contributed by atoms with van der Waals surface area (Å²) in [5.41, 5.74) is 12.3. The van der Waals surface area contributed by atoms with Gasteiger partial charge in [0, 0.05) is 13.2 Å². The molecule has 0 spiro atoms. The average Bonchev–Trinajstić information content (AvgIpc) is 3.77. The van der Waals surface area contributed by atoms with Gasteiger partial charge in [-0.3, -0.25) is 14.4 Å². The average molecular weight is 658 g/mol. The summed E-state index contributed by atoms with van der Waals surface area (Å²) in [7, 11) is 1.56. The highest BCUT2D eigenvalue weighted by Gasteiger charge is 2.30. The number of anilines is 2. The van der Waals surface area contributed by atoms with Crippen LogP contribution in [0.15, 0.2) is 29.9 Å². The zero-order valence-corrected chi connectivity index (χ0v) is 26.2. The molecule has 3 aromatic heterocycles. The fraction of sp³-hybridized carbons (Fsp3) is 0.542. The molecule has 16 nitrogen and oxygen atoms in total. The van der Waals surface area contributed by atoms with Crippen LogP contribution in [0, 0.1) is 0 Å². The lowest BCUT2D eigenvalue weighted by molar-refractivity contribution is -0.0426. The number of rotatable bonds is 10. The van der Waals surface area contributed by atoms with E-state index in [2.05, 4.69) is 49.7 Å². The van der Waals surface area contributed by atoms with Gasteiger partial charge in [-0.05, 0) is 50.5 Å². The van der Waals surface area contributed by atoms with E-state index in [9.17, 15) is 4.79 Å². The summed E-state index contributed by atoms with van der Waals surface area (Å²) in [6.45, 7) is -1.23.